The topological polar surface area (TPSA) is 90.7 Å². The van der Waals surface area contributed by atoms with Gasteiger partial charge in [0.2, 0.25) is 0 Å². The molecule has 3 aromatic rings. The molecule has 0 aliphatic carbocycles. The highest BCUT2D eigenvalue weighted by Gasteiger charge is 2.22. The van der Waals surface area contributed by atoms with Crippen LogP contribution in [0.1, 0.15) is 6.92 Å². The van der Waals surface area contributed by atoms with Crippen molar-refractivity contribution in [3.05, 3.63) is 60.7 Å². The van der Waals surface area contributed by atoms with Crippen LogP contribution < -0.4 is 0 Å². The molecule has 3 rings (SSSR count). The van der Waals surface area contributed by atoms with E-state index in [1.165, 1.54) is 6.92 Å². The van der Waals surface area contributed by atoms with Gasteiger partial charge in [0.05, 0.1) is 11.8 Å². The summed E-state index contributed by atoms with van der Waals surface area (Å²) < 4.78 is 5.94. The van der Waals surface area contributed by atoms with Gasteiger partial charge in [-0.25, -0.2) is 4.98 Å². The highest BCUT2D eigenvalue weighted by molar-refractivity contribution is 7.99. The standard InChI is InChI=1S/C21H17N3O2S/c1-14(23)17(12-22)18(25)13-27-21-24-19(15-8-4-2-5-9-15)20(26-21)16-10-6-3-7-11-16/h2-11,17,23H,13H2,1H3. The van der Waals surface area contributed by atoms with Crippen molar-refractivity contribution in [1.82, 2.24) is 4.98 Å². The summed E-state index contributed by atoms with van der Waals surface area (Å²) in [4.78, 5) is 16.7. The van der Waals surface area contributed by atoms with Crippen LogP contribution in [0.3, 0.4) is 0 Å². The van der Waals surface area contributed by atoms with E-state index in [0.29, 0.717) is 16.7 Å². The summed E-state index contributed by atoms with van der Waals surface area (Å²) in [5.41, 5.74) is 2.57. The van der Waals surface area contributed by atoms with E-state index in [4.69, 9.17) is 15.1 Å². The van der Waals surface area contributed by atoms with Crippen molar-refractivity contribution >= 4 is 23.3 Å². The first-order valence-electron chi connectivity index (χ1n) is 8.32. The van der Waals surface area contributed by atoms with E-state index in [9.17, 15) is 4.79 Å². The highest BCUT2D eigenvalue weighted by atomic mass is 32.2. The third-order valence-electron chi connectivity index (χ3n) is 3.91. The molecule has 0 bridgehead atoms. The van der Waals surface area contributed by atoms with Gasteiger partial charge in [0, 0.05) is 16.8 Å². The summed E-state index contributed by atoms with van der Waals surface area (Å²) in [6, 6.07) is 21.2. The molecule has 1 atom stereocenters. The Bertz CT molecular complexity index is 934. The predicted octanol–water partition coefficient (Wildman–Crippen LogP) is 4.85. The van der Waals surface area contributed by atoms with Crippen LogP contribution in [0.5, 0.6) is 0 Å². The lowest BCUT2D eigenvalue weighted by atomic mass is 10.0. The van der Waals surface area contributed by atoms with Crippen molar-refractivity contribution in [3.8, 4) is 28.7 Å². The zero-order valence-corrected chi connectivity index (χ0v) is 15.5. The van der Waals surface area contributed by atoms with E-state index in [2.05, 4.69) is 4.98 Å². The third-order valence-corrected chi connectivity index (χ3v) is 4.76. The molecule has 5 nitrogen and oxygen atoms in total. The van der Waals surface area contributed by atoms with Crippen molar-refractivity contribution < 1.29 is 9.21 Å². The van der Waals surface area contributed by atoms with Crippen LogP contribution in [0.4, 0.5) is 0 Å². The van der Waals surface area contributed by atoms with Crippen LogP contribution >= 0.6 is 11.8 Å². The number of nitriles is 1. The van der Waals surface area contributed by atoms with E-state index in [-0.39, 0.29) is 17.2 Å². The Balaban J connectivity index is 1.90. The first-order valence-corrected chi connectivity index (χ1v) is 9.30. The number of rotatable bonds is 7. The first-order chi connectivity index (χ1) is 13.1. The van der Waals surface area contributed by atoms with Gasteiger partial charge in [0.15, 0.2) is 11.5 Å². The summed E-state index contributed by atoms with van der Waals surface area (Å²) in [5, 5.41) is 16.9. The van der Waals surface area contributed by atoms with Crippen LogP contribution in [0.2, 0.25) is 0 Å². The fraction of sp³-hybridized carbons (Fsp3) is 0.143. The molecule has 0 saturated heterocycles. The molecule has 0 radical (unpaired) electrons. The van der Waals surface area contributed by atoms with Crippen molar-refractivity contribution in [2.75, 3.05) is 5.75 Å². The van der Waals surface area contributed by atoms with Gasteiger partial charge in [-0.3, -0.25) is 4.79 Å². The second-order valence-electron chi connectivity index (χ2n) is 5.89. The second-order valence-corrected chi connectivity index (χ2v) is 6.82. The number of oxazole rings is 1. The number of carbonyl (C=O) groups excluding carboxylic acids is 1. The van der Waals surface area contributed by atoms with Gasteiger partial charge in [0.1, 0.15) is 11.6 Å². The fourth-order valence-electron chi connectivity index (χ4n) is 2.57. The zero-order chi connectivity index (χ0) is 19.2. The maximum absolute atomic E-state index is 12.2. The van der Waals surface area contributed by atoms with Gasteiger partial charge >= 0.3 is 0 Å². The highest BCUT2D eigenvalue weighted by Crippen LogP contribution is 2.35. The molecule has 1 N–H and O–H groups in total. The number of aromatic nitrogens is 1. The van der Waals surface area contributed by atoms with E-state index < -0.39 is 5.92 Å². The summed E-state index contributed by atoms with van der Waals surface area (Å²) in [6.07, 6.45) is 0. The molecule has 0 fully saturated rings. The average Bonchev–Trinajstić information content (AvgIpc) is 3.12. The molecule has 134 valence electrons. The lowest BCUT2D eigenvalue weighted by molar-refractivity contribution is -0.117. The van der Waals surface area contributed by atoms with Crippen molar-refractivity contribution in [3.63, 3.8) is 0 Å². The molecule has 0 aliphatic rings. The Morgan fingerprint density at radius 2 is 1.74 bits per heavy atom. The van der Waals surface area contributed by atoms with E-state index in [1.54, 1.807) is 0 Å². The number of benzene rings is 2. The van der Waals surface area contributed by atoms with Gasteiger partial charge in [-0.15, -0.1) is 0 Å². The summed E-state index contributed by atoms with van der Waals surface area (Å²) >= 11 is 1.14. The number of hydrogen-bond acceptors (Lipinski definition) is 6. The Hall–Kier alpha value is -3.17. The number of ketones is 1. The quantitative estimate of drug-likeness (QED) is 0.471. The number of nitrogens with zero attached hydrogens (tertiary/aromatic N) is 2. The Labute approximate surface area is 161 Å². The number of hydrogen-bond donors (Lipinski definition) is 1. The van der Waals surface area contributed by atoms with Gasteiger partial charge in [-0.1, -0.05) is 72.4 Å². The van der Waals surface area contributed by atoms with Crippen LogP contribution in [-0.2, 0) is 4.79 Å². The molecule has 6 heteroatoms. The SMILES string of the molecule is CC(=N)C(C#N)C(=O)CSc1nc(-c2ccccc2)c(-c2ccccc2)o1. The number of Topliss-reactive ketones (excluding diaryl/α,β-unsaturated/α-hetero) is 1. The molecule has 0 spiro atoms. The normalized spacial score (nSPS) is 11.6. The minimum Gasteiger partial charge on any atom is -0.431 e. The van der Waals surface area contributed by atoms with Crippen LogP contribution in [0, 0.1) is 22.7 Å². The summed E-state index contributed by atoms with van der Waals surface area (Å²) in [5.74, 6) is -0.681. The lowest BCUT2D eigenvalue weighted by Crippen LogP contribution is -2.21. The molecule has 1 unspecified atom stereocenters. The molecule has 0 aliphatic heterocycles. The van der Waals surface area contributed by atoms with E-state index in [0.717, 1.165) is 22.9 Å². The summed E-state index contributed by atoms with van der Waals surface area (Å²) in [6.45, 7) is 1.46. The van der Waals surface area contributed by atoms with E-state index in [1.807, 2.05) is 66.7 Å². The van der Waals surface area contributed by atoms with Gasteiger partial charge in [-0.2, -0.15) is 5.26 Å². The number of thioether (sulfide) groups is 1. The zero-order valence-electron chi connectivity index (χ0n) is 14.7. The van der Waals surface area contributed by atoms with Crippen LogP contribution in [0.25, 0.3) is 22.6 Å². The summed E-state index contributed by atoms with van der Waals surface area (Å²) in [7, 11) is 0. The smallest absolute Gasteiger partial charge is 0.257 e. The first kappa shape index (κ1) is 18.6. The molecular weight excluding hydrogens is 358 g/mol. The minimum atomic E-state index is -1.02. The monoisotopic (exact) mass is 375 g/mol. The van der Waals surface area contributed by atoms with Crippen LogP contribution in [0.15, 0.2) is 70.3 Å². The maximum Gasteiger partial charge on any atom is 0.257 e. The second kappa shape index (κ2) is 8.47. The Kier molecular flexibility index (Phi) is 5.84. The molecular formula is C21H17N3O2S. The number of carbonyl (C=O) groups is 1. The average molecular weight is 375 g/mol. The molecule has 0 saturated carbocycles. The van der Waals surface area contributed by atoms with Crippen LogP contribution in [-0.4, -0.2) is 22.2 Å². The molecule has 27 heavy (non-hydrogen) atoms. The van der Waals surface area contributed by atoms with Crippen molar-refractivity contribution in [2.24, 2.45) is 5.92 Å². The van der Waals surface area contributed by atoms with E-state index >= 15 is 0 Å². The van der Waals surface area contributed by atoms with Gasteiger partial charge < -0.3 is 9.83 Å². The predicted molar refractivity (Wildman–Crippen MR) is 106 cm³/mol. The Morgan fingerprint density at radius 1 is 1.15 bits per heavy atom. The van der Waals surface area contributed by atoms with Gasteiger partial charge in [0.25, 0.3) is 5.22 Å². The van der Waals surface area contributed by atoms with Crippen molar-refractivity contribution in [1.29, 1.82) is 10.7 Å². The minimum absolute atomic E-state index is 0.0252. The number of nitrogens with one attached hydrogen (secondary N) is 1. The van der Waals surface area contributed by atoms with Gasteiger partial charge in [-0.05, 0) is 6.92 Å². The van der Waals surface area contributed by atoms with Crippen molar-refractivity contribution in [2.45, 2.75) is 12.1 Å². The molecule has 0 amide bonds. The largest absolute Gasteiger partial charge is 0.431 e. The molecule has 1 heterocycles. The molecule has 2 aromatic carbocycles. The third kappa shape index (κ3) is 4.33. The fourth-order valence-corrected chi connectivity index (χ4v) is 3.30. The lowest BCUT2D eigenvalue weighted by Gasteiger charge is -2.04. The molecule has 1 aromatic heterocycles. The maximum atomic E-state index is 12.2. The Morgan fingerprint density at radius 3 is 2.30 bits per heavy atom.